The van der Waals surface area contributed by atoms with Crippen molar-refractivity contribution in [3.8, 4) is 0 Å². The summed E-state index contributed by atoms with van der Waals surface area (Å²) in [6.45, 7) is 0. The Morgan fingerprint density at radius 1 is 0.742 bits per heavy atom. The number of carbonyl (C=O) groups is 1. The van der Waals surface area contributed by atoms with E-state index in [0.717, 1.165) is 6.08 Å². The van der Waals surface area contributed by atoms with Gasteiger partial charge >= 0.3 is 0 Å². The van der Waals surface area contributed by atoms with Crippen molar-refractivity contribution in [2.45, 2.75) is 4.90 Å². The molecular weight excluding hydrogens is 444 g/mol. The normalized spacial score (nSPS) is 15.6. The molecule has 0 saturated carbocycles. The number of ketones is 1. The summed E-state index contributed by atoms with van der Waals surface area (Å²) in [6.07, 6.45) is 0.960. The van der Waals surface area contributed by atoms with Crippen molar-refractivity contribution in [3.05, 3.63) is 77.9 Å². The zero-order valence-electron chi connectivity index (χ0n) is 15.6. The lowest BCUT2D eigenvalue weighted by atomic mass is 9.95. The maximum absolute atomic E-state index is 12.8. The first-order valence-corrected chi connectivity index (χ1v) is 11.6. The van der Waals surface area contributed by atoms with E-state index in [1.54, 1.807) is 24.3 Å². The zero-order valence-corrected chi connectivity index (χ0v) is 17.2. The molecule has 0 fully saturated rings. The second kappa shape index (κ2) is 7.39. The Balaban J connectivity index is 1.83. The number of hydrogen-bond acceptors (Lipinski definition) is 7. The van der Waals surface area contributed by atoms with Gasteiger partial charge in [-0.2, -0.15) is 21.9 Å². The van der Waals surface area contributed by atoms with E-state index < -0.39 is 30.9 Å². The van der Waals surface area contributed by atoms with Gasteiger partial charge in [0.1, 0.15) is 15.5 Å². The first kappa shape index (κ1) is 20.9. The molecule has 0 spiro atoms. The lowest BCUT2D eigenvalue weighted by Crippen LogP contribution is -2.22. The van der Waals surface area contributed by atoms with Gasteiger partial charge in [0.2, 0.25) is 5.78 Å². The van der Waals surface area contributed by atoms with Crippen molar-refractivity contribution >= 4 is 53.1 Å². The number of Topliss-reactive ketones (excluding diaryl/α,β-unsaturated/α-hetero) is 1. The predicted octanol–water partition coefficient (Wildman–Crippen LogP) is 2.98. The lowest BCUT2D eigenvalue weighted by Gasteiger charge is -2.16. The largest absolute Gasteiger partial charge is 0.295 e. The van der Waals surface area contributed by atoms with Gasteiger partial charge in [-0.1, -0.05) is 48.5 Å². The molecule has 0 radical (unpaired) electrons. The molecule has 1 aliphatic carbocycles. The predicted molar refractivity (Wildman–Crippen MR) is 115 cm³/mol. The topological polar surface area (TPSA) is 150 Å². The summed E-state index contributed by atoms with van der Waals surface area (Å²) in [7, 11) is -9.10. The third kappa shape index (κ3) is 3.86. The highest BCUT2D eigenvalue weighted by molar-refractivity contribution is 7.95. The van der Waals surface area contributed by atoms with Crippen molar-refractivity contribution in [2.24, 2.45) is 5.10 Å². The molecule has 4 rings (SSSR count). The summed E-state index contributed by atoms with van der Waals surface area (Å²) in [5.74, 6) is -0.561. The minimum atomic E-state index is -4.63. The lowest BCUT2D eigenvalue weighted by molar-refractivity contribution is 0.106. The molecule has 0 amide bonds. The number of nitrogens with one attached hydrogen (secondary N) is 1. The van der Waals surface area contributed by atoms with Crippen LogP contribution in [0, 0.1) is 0 Å². The van der Waals surface area contributed by atoms with Crippen LogP contribution in [0.1, 0.15) is 15.9 Å². The van der Waals surface area contributed by atoms with Crippen molar-refractivity contribution in [1.82, 2.24) is 0 Å². The fourth-order valence-electron chi connectivity index (χ4n) is 3.31. The Hall–Kier alpha value is -3.38. The average Bonchev–Trinajstić information content (AvgIpc) is 2.71. The molecule has 31 heavy (non-hydrogen) atoms. The van der Waals surface area contributed by atoms with E-state index in [1.807, 2.05) is 0 Å². The van der Waals surface area contributed by atoms with Gasteiger partial charge in [-0.3, -0.25) is 19.3 Å². The summed E-state index contributed by atoms with van der Waals surface area (Å²) in [6, 6.07) is 14.8. The number of hydrazone groups is 1. The van der Waals surface area contributed by atoms with Crippen molar-refractivity contribution in [3.63, 3.8) is 0 Å². The van der Waals surface area contributed by atoms with Gasteiger partial charge in [-0.25, -0.2) is 0 Å². The maximum Gasteiger partial charge on any atom is 0.295 e. The number of carbonyl (C=O) groups excluding carboxylic acids is 1. The fourth-order valence-corrected chi connectivity index (χ4v) is 4.72. The van der Waals surface area contributed by atoms with Crippen LogP contribution in [0.25, 0.3) is 15.7 Å². The Bertz CT molecular complexity index is 1520. The number of allylic oxidation sites excluding steroid dienone is 1. The standard InChI is InChI=1S/C20H14N2O7S2/c23-20-15-8-4-3-7-14(15)19(31(27,28)29)11-17(20)22-21-16-9-10-18(30(24,25)26)13-6-2-1-5-12(13)16/h1-11,21H,(H,24,25,26)(H,27,28,29)/b22-17+. The molecule has 0 saturated heterocycles. The van der Waals surface area contributed by atoms with Gasteiger partial charge in [0.15, 0.2) is 0 Å². The van der Waals surface area contributed by atoms with Gasteiger partial charge < -0.3 is 0 Å². The third-order valence-corrected chi connectivity index (χ3v) is 6.48. The molecule has 3 N–H and O–H groups in total. The molecular formula is C20H14N2O7S2. The molecule has 3 aromatic carbocycles. The maximum atomic E-state index is 12.8. The Morgan fingerprint density at radius 2 is 1.35 bits per heavy atom. The highest BCUT2D eigenvalue weighted by atomic mass is 32.2. The molecule has 158 valence electrons. The SMILES string of the molecule is O=C1/C(=N/Nc2ccc(S(=O)(=O)O)c3ccccc23)C=C(S(=O)(=O)O)c2ccccc21. The molecule has 9 nitrogen and oxygen atoms in total. The highest BCUT2D eigenvalue weighted by Crippen LogP contribution is 2.31. The molecule has 0 aliphatic heterocycles. The van der Waals surface area contributed by atoms with Crippen molar-refractivity contribution < 1.29 is 30.7 Å². The van der Waals surface area contributed by atoms with E-state index in [9.17, 15) is 30.7 Å². The Labute approximate surface area is 177 Å². The summed E-state index contributed by atoms with van der Waals surface area (Å²) < 4.78 is 65.9. The zero-order chi connectivity index (χ0) is 22.4. The van der Waals surface area contributed by atoms with Crippen molar-refractivity contribution in [2.75, 3.05) is 5.43 Å². The number of nitrogens with zero attached hydrogens (tertiary/aromatic N) is 1. The number of hydrogen-bond donors (Lipinski definition) is 3. The summed E-state index contributed by atoms with van der Waals surface area (Å²) in [4.78, 5) is 12.0. The second-order valence-electron chi connectivity index (χ2n) is 6.60. The molecule has 0 aromatic heterocycles. The Kier molecular flexibility index (Phi) is 4.98. The molecule has 11 heteroatoms. The van der Waals surface area contributed by atoms with E-state index >= 15 is 0 Å². The van der Waals surface area contributed by atoms with Crippen LogP contribution in [-0.2, 0) is 20.2 Å². The molecule has 0 bridgehead atoms. The minimum absolute atomic E-state index is 0.0600. The van der Waals surface area contributed by atoms with E-state index in [0.29, 0.717) is 11.1 Å². The summed E-state index contributed by atoms with van der Waals surface area (Å²) in [5, 5.41) is 4.61. The van der Waals surface area contributed by atoms with Crippen LogP contribution in [0.5, 0.6) is 0 Å². The number of fused-ring (bicyclic) bond motifs is 2. The fraction of sp³-hybridized carbons (Fsp3) is 0. The number of rotatable bonds is 4. The van der Waals surface area contributed by atoms with Gasteiger partial charge in [0.05, 0.1) is 5.69 Å². The first-order valence-electron chi connectivity index (χ1n) is 8.73. The summed E-state index contributed by atoms with van der Waals surface area (Å²) >= 11 is 0. The molecule has 1 aliphatic rings. The molecule has 0 unspecified atom stereocenters. The van der Waals surface area contributed by atoms with Gasteiger partial charge in [-0.05, 0) is 18.2 Å². The smallest absolute Gasteiger partial charge is 0.287 e. The molecule has 0 atom stereocenters. The van der Waals surface area contributed by atoms with Crippen LogP contribution in [0.4, 0.5) is 5.69 Å². The quantitative estimate of drug-likeness (QED) is 0.399. The van der Waals surface area contributed by atoms with Crippen molar-refractivity contribution in [1.29, 1.82) is 0 Å². The number of anilines is 1. The van der Waals surface area contributed by atoms with Crippen LogP contribution >= 0.6 is 0 Å². The second-order valence-corrected chi connectivity index (χ2v) is 9.38. The van der Waals surface area contributed by atoms with E-state index in [4.69, 9.17) is 0 Å². The van der Waals surface area contributed by atoms with Crippen LogP contribution in [0.2, 0.25) is 0 Å². The summed E-state index contributed by atoms with van der Waals surface area (Å²) in [5.41, 5.74) is 2.81. The third-order valence-electron chi connectivity index (χ3n) is 4.67. The van der Waals surface area contributed by atoms with E-state index in [2.05, 4.69) is 10.5 Å². The highest BCUT2D eigenvalue weighted by Gasteiger charge is 2.30. The van der Waals surface area contributed by atoms with Gasteiger partial charge in [0, 0.05) is 21.9 Å². The monoisotopic (exact) mass is 458 g/mol. The Morgan fingerprint density at radius 3 is 2.00 bits per heavy atom. The van der Waals surface area contributed by atoms with Crippen LogP contribution in [0.3, 0.4) is 0 Å². The molecule has 3 aromatic rings. The molecule has 0 heterocycles. The van der Waals surface area contributed by atoms with Gasteiger partial charge in [-0.15, -0.1) is 0 Å². The van der Waals surface area contributed by atoms with E-state index in [-0.39, 0.29) is 27.1 Å². The van der Waals surface area contributed by atoms with Crippen LogP contribution < -0.4 is 5.43 Å². The van der Waals surface area contributed by atoms with Gasteiger partial charge in [0.25, 0.3) is 20.2 Å². The van der Waals surface area contributed by atoms with Crippen LogP contribution in [0.15, 0.2) is 76.7 Å². The average molecular weight is 458 g/mol. The first-order chi connectivity index (χ1) is 14.6. The van der Waals surface area contributed by atoms with Crippen LogP contribution in [-0.4, -0.2) is 37.4 Å². The number of benzene rings is 3. The van der Waals surface area contributed by atoms with E-state index in [1.165, 1.54) is 36.4 Å². The minimum Gasteiger partial charge on any atom is -0.287 e.